The zero-order chi connectivity index (χ0) is 25.5. The van der Waals surface area contributed by atoms with Crippen LogP contribution in [0, 0.1) is 12.8 Å². The van der Waals surface area contributed by atoms with Crippen molar-refractivity contribution in [2.45, 2.75) is 50.1 Å². The Morgan fingerprint density at radius 3 is 2.22 bits per heavy atom. The number of benzene rings is 3. The topological polar surface area (TPSA) is 70.7 Å². The van der Waals surface area contributed by atoms with Crippen molar-refractivity contribution in [2.24, 2.45) is 5.92 Å². The van der Waals surface area contributed by atoms with E-state index in [9.17, 15) is 9.59 Å². The summed E-state index contributed by atoms with van der Waals surface area (Å²) in [6.07, 6.45) is 2.40. The highest BCUT2D eigenvalue weighted by Crippen LogP contribution is 2.46. The van der Waals surface area contributed by atoms with Gasteiger partial charge >= 0.3 is 6.09 Å². The predicted molar refractivity (Wildman–Crippen MR) is 143 cm³/mol. The Morgan fingerprint density at radius 1 is 0.892 bits per heavy atom. The minimum atomic E-state index is -0.643. The summed E-state index contributed by atoms with van der Waals surface area (Å²) in [6, 6.07) is 25.6. The van der Waals surface area contributed by atoms with Gasteiger partial charge in [0.05, 0.1) is 5.92 Å². The molecule has 0 aromatic heterocycles. The van der Waals surface area contributed by atoms with E-state index in [0.29, 0.717) is 6.04 Å². The van der Waals surface area contributed by atoms with E-state index in [-0.39, 0.29) is 36.3 Å². The van der Waals surface area contributed by atoms with E-state index in [2.05, 4.69) is 78.3 Å². The Labute approximate surface area is 218 Å². The molecule has 2 fully saturated rings. The number of fused-ring (bicyclic) bond motifs is 5. The second kappa shape index (κ2) is 9.67. The van der Waals surface area contributed by atoms with Crippen LogP contribution < -0.4 is 10.9 Å². The van der Waals surface area contributed by atoms with Crippen LogP contribution in [0.25, 0.3) is 11.1 Å². The van der Waals surface area contributed by atoms with Gasteiger partial charge in [0, 0.05) is 18.0 Å². The molecule has 4 atom stereocenters. The first kappa shape index (κ1) is 23.7. The van der Waals surface area contributed by atoms with Crippen LogP contribution in [0.5, 0.6) is 0 Å². The van der Waals surface area contributed by atoms with Gasteiger partial charge in [0.15, 0.2) is 0 Å². The van der Waals surface area contributed by atoms with Gasteiger partial charge in [-0.05, 0) is 67.0 Å². The summed E-state index contributed by atoms with van der Waals surface area (Å²) in [5, 5.41) is 0. The van der Waals surface area contributed by atoms with Crippen molar-refractivity contribution in [2.75, 3.05) is 13.7 Å². The lowest BCUT2D eigenvalue weighted by Crippen LogP contribution is -2.54. The van der Waals surface area contributed by atoms with Crippen molar-refractivity contribution in [3.63, 3.8) is 0 Å². The third kappa shape index (κ3) is 4.29. The van der Waals surface area contributed by atoms with Crippen molar-refractivity contribution >= 4 is 12.0 Å². The van der Waals surface area contributed by atoms with E-state index in [1.54, 1.807) is 0 Å². The molecule has 2 amide bonds. The number of rotatable bonds is 4. The van der Waals surface area contributed by atoms with Gasteiger partial charge < -0.3 is 4.74 Å². The summed E-state index contributed by atoms with van der Waals surface area (Å²) < 4.78 is 5.61. The summed E-state index contributed by atoms with van der Waals surface area (Å²) in [5.41, 5.74) is 12.3. The van der Waals surface area contributed by atoms with Gasteiger partial charge in [-0.3, -0.25) is 15.1 Å². The van der Waals surface area contributed by atoms with Crippen molar-refractivity contribution < 1.29 is 14.3 Å². The van der Waals surface area contributed by atoms with Gasteiger partial charge in [0.2, 0.25) is 5.91 Å². The van der Waals surface area contributed by atoms with Crippen LogP contribution in [-0.4, -0.2) is 42.6 Å². The number of hydrogen-bond acceptors (Lipinski definition) is 4. The molecule has 1 aliphatic carbocycles. The highest BCUT2D eigenvalue weighted by Gasteiger charge is 2.49. The predicted octanol–water partition coefficient (Wildman–Crippen LogP) is 5.13. The highest BCUT2D eigenvalue weighted by molar-refractivity contribution is 5.83. The molecule has 0 radical (unpaired) electrons. The van der Waals surface area contributed by atoms with Crippen LogP contribution in [0.1, 0.15) is 53.4 Å². The number of piperidine rings is 1. The molecule has 6 heteroatoms. The molecule has 2 unspecified atom stereocenters. The van der Waals surface area contributed by atoms with Gasteiger partial charge in [0.25, 0.3) is 0 Å². The van der Waals surface area contributed by atoms with Crippen molar-refractivity contribution in [1.29, 1.82) is 0 Å². The van der Waals surface area contributed by atoms with E-state index >= 15 is 0 Å². The van der Waals surface area contributed by atoms with Crippen LogP contribution >= 0.6 is 0 Å². The molecular weight excluding hydrogens is 462 g/mol. The normalized spacial score (nSPS) is 24.3. The zero-order valence-electron chi connectivity index (χ0n) is 21.3. The summed E-state index contributed by atoms with van der Waals surface area (Å²) in [4.78, 5) is 28.5. The summed E-state index contributed by atoms with van der Waals surface area (Å²) in [6.45, 7) is 2.28. The van der Waals surface area contributed by atoms with Gasteiger partial charge in [-0.2, -0.15) is 0 Å². The number of carbonyl (C=O) groups excluding carboxylic acids is 2. The van der Waals surface area contributed by atoms with Crippen LogP contribution in [0.2, 0.25) is 0 Å². The second-order valence-corrected chi connectivity index (χ2v) is 10.7. The maximum atomic E-state index is 13.5. The average Bonchev–Trinajstić information content (AvgIpc) is 3.35. The Balaban J connectivity index is 1.12. The molecule has 2 N–H and O–H groups in total. The SMILES string of the molecule is Cc1ccc([C@H]2C[C@H]3CCC(C2C(=O)NNC(=O)OCC2c4ccccc4-c4ccccc42)N3C)cc1. The first-order chi connectivity index (χ1) is 18.0. The average molecular weight is 496 g/mol. The third-order valence-electron chi connectivity index (χ3n) is 8.71. The Kier molecular flexibility index (Phi) is 6.21. The van der Waals surface area contributed by atoms with Crippen LogP contribution in [0.4, 0.5) is 4.79 Å². The minimum absolute atomic E-state index is 0.0258. The van der Waals surface area contributed by atoms with Crippen molar-refractivity contribution in [3.05, 3.63) is 95.1 Å². The zero-order valence-corrected chi connectivity index (χ0v) is 21.3. The van der Waals surface area contributed by atoms with Crippen LogP contribution in [0.15, 0.2) is 72.8 Å². The second-order valence-electron chi connectivity index (χ2n) is 10.7. The smallest absolute Gasteiger partial charge is 0.426 e. The lowest BCUT2D eigenvalue weighted by molar-refractivity contribution is -0.130. The van der Waals surface area contributed by atoms with E-state index in [1.807, 2.05) is 24.3 Å². The van der Waals surface area contributed by atoms with Gasteiger partial charge in [0.1, 0.15) is 6.61 Å². The molecular formula is C31H33N3O3. The van der Waals surface area contributed by atoms with Crippen molar-refractivity contribution in [1.82, 2.24) is 15.8 Å². The molecule has 190 valence electrons. The molecule has 37 heavy (non-hydrogen) atoms. The number of ether oxygens (including phenoxy) is 1. The van der Waals surface area contributed by atoms with E-state index in [0.717, 1.165) is 30.4 Å². The molecule has 2 bridgehead atoms. The molecule has 2 heterocycles. The molecule has 0 saturated carbocycles. The van der Waals surface area contributed by atoms with E-state index in [1.165, 1.54) is 22.3 Å². The molecule has 2 saturated heterocycles. The lowest BCUT2D eigenvalue weighted by atomic mass is 9.75. The van der Waals surface area contributed by atoms with Crippen LogP contribution in [0.3, 0.4) is 0 Å². The maximum absolute atomic E-state index is 13.5. The molecule has 6 rings (SSSR count). The van der Waals surface area contributed by atoms with E-state index < -0.39 is 6.09 Å². The molecule has 3 aromatic rings. The standard InChI is InChI=1S/C31H33N3O3/c1-19-11-13-20(14-12-19)26-17-21-15-16-28(34(21)2)29(26)30(35)32-33-31(36)37-18-27-24-9-5-3-7-22(24)23-8-4-6-10-25(23)27/h3-14,21,26-29H,15-18H2,1-2H3,(H,32,35)(H,33,36)/t21-,26-,28?,29?/m1/s1. The maximum Gasteiger partial charge on any atom is 0.426 e. The molecule has 2 aliphatic heterocycles. The molecule has 6 nitrogen and oxygen atoms in total. The first-order valence-electron chi connectivity index (χ1n) is 13.2. The number of amides is 2. The van der Waals surface area contributed by atoms with Gasteiger partial charge in [-0.15, -0.1) is 0 Å². The largest absolute Gasteiger partial charge is 0.447 e. The quantitative estimate of drug-likeness (QED) is 0.492. The molecule has 0 spiro atoms. The Bertz CT molecular complexity index is 1280. The lowest BCUT2D eigenvalue weighted by Gasteiger charge is -2.42. The van der Waals surface area contributed by atoms with Gasteiger partial charge in [-0.25, -0.2) is 10.2 Å². The fourth-order valence-electron chi connectivity index (χ4n) is 6.81. The number of hydrogen-bond donors (Lipinski definition) is 2. The fraction of sp³-hybridized carbons (Fsp3) is 0.355. The number of nitrogens with one attached hydrogen (secondary N) is 2. The molecule has 3 aromatic carbocycles. The summed E-state index contributed by atoms with van der Waals surface area (Å²) in [5.74, 6) is -0.294. The number of aryl methyl sites for hydroxylation is 1. The van der Waals surface area contributed by atoms with Gasteiger partial charge in [-0.1, -0.05) is 78.4 Å². The van der Waals surface area contributed by atoms with E-state index in [4.69, 9.17) is 4.74 Å². The number of carbonyl (C=O) groups is 2. The fourth-order valence-corrected chi connectivity index (χ4v) is 6.81. The summed E-state index contributed by atoms with van der Waals surface area (Å²) >= 11 is 0. The molecule has 3 aliphatic rings. The van der Waals surface area contributed by atoms with Crippen LogP contribution in [-0.2, 0) is 9.53 Å². The third-order valence-corrected chi connectivity index (χ3v) is 8.71. The Morgan fingerprint density at radius 2 is 1.54 bits per heavy atom. The number of nitrogens with zero attached hydrogens (tertiary/aromatic N) is 1. The summed E-state index contributed by atoms with van der Waals surface area (Å²) in [7, 11) is 2.12. The monoisotopic (exact) mass is 495 g/mol. The number of hydrazine groups is 1. The first-order valence-corrected chi connectivity index (χ1v) is 13.2. The Hall–Kier alpha value is -3.64. The minimum Gasteiger partial charge on any atom is -0.447 e. The van der Waals surface area contributed by atoms with Crippen molar-refractivity contribution in [3.8, 4) is 11.1 Å². The highest BCUT2D eigenvalue weighted by atomic mass is 16.6.